The number of carbonyl (C=O) groups is 1. The van der Waals surface area contributed by atoms with Gasteiger partial charge in [0, 0.05) is 11.1 Å². The summed E-state index contributed by atoms with van der Waals surface area (Å²) in [7, 11) is 0. The molecule has 4 aromatic rings. The molecule has 1 heteroatoms. The molecule has 1 nitrogen and oxygen atoms in total. The minimum atomic E-state index is -0.394. The first kappa shape index (κ1) is 19.0. The summed E-state index contributed by atoms with van der Waals surface area (Å²) < 4.78 is 0. The maximum atomic E-state index is 12.0. The predicted octanol–water partition coefficient (Wildman–Crippen LogP) is 5.99. The van der Waals surface area contributed by atoms with Crippen LogP contribution in [0, 0.1) is 23.7 Å². The van der Waals surface area contributed by atoms with Gasteiger partial charge < -0.3 is 0 Å². The lowest BCUT2D eigenvalue weighted by atomic mass is 10.0. The molecule has 0 radical (unpaired) electrons. The van der Waals surface area contributed by atoms with E-state index in [0.29, 0.717) is 0 Å². The Balaban J connectivity index is 1.41. The molecule has 0 amide bonds. The smallest absolute Gasteiger partial charge is 0.270 e. The normalized spacial score (nSPS) is 9.60. The molecule has 0 fully saturated rings. The van der Waals surface area contributed by atoms with Crippen LogP contribution in [0.3, 0.4) is 0 Å². The van der Waals surface area contributed by atoms with E-state index in [1.165, 1.54) is 0 Å². The average Bonchev–Trinajstić information content (AvgIpc) is 2.83. The third kappa shape index (κ3) is 4.93. The predicted molar refractivity (Wildman–Crippen MR) is 123 cm³/mol. The number of hydrogen-bond acceptors (Lipinski definition) is 1. The molecular formula is C29H18O. The molecule has 0 bridgehead atoms. The van der Waals surface area contributed by atoms with Crippen molar-refractivity contribution in [2.24, 2.45) is 0 Å². The van der Waals surface area contributed by atoms with Crippen molar-refractivity contribution in [1.29, 1.82) is 0 Å². The highest BCUT2D eigenvalue weighted by Crippen LogP contribution is 2.19. The van der Waals surface area contributed by atoms with Crippen LogP contribution in [0.4, 0.5) is 0 Å². The summed E-state index contributed by atoms with van der Waals surface area (Å²) in [4.78, 5) is 12.0. The molecule has 0 aliphatic heterocycles. The molecule has 0 saturated carbocycles. The highest BCUT2D eigenvalue weighted by atomic mass is 16.1. The van der Waals surface area contributed by atoms with Gasteiger partial charge in [-0.25, -0.2) is 0 Å². The van der Waals surface area contributed by atoms with Gasteiger partial charge in [-0.2, -0.15) is 0 Å². The summed E-state index contributed by atoms with van der Waals surface area (Å²) in [6, 6.07) is 35.9. The highest BCUT2D eigenvalue weighted by Gasteiger charge is 1.97. The maximum absolute atomic E-state index is 12.0. The van der Waals surface area contributed by atoms with Crippen molar-refractivity contribution in [3.63, 3.8) is 0 Å². The van der Waals surface area contributed by atoms with Gasteiger partial charge >= 0.3 is 0 Å². The number of Topliss-reactive ketones (excluding diaryl/α,β-unsaturated/α-hetero) is 1. The van der Waals surface area contributed by atoms with E-state index in [-0.39, 0.29) is 0 Å². The first-order valence-electron chi connectivity index (χ1n) is 9.67. The van der Waals surface area contributed by atoms with E-state index in [2.05, 4.69) is 47.9 Å². The third-order valence-electron chi connectivity index (χ3n) is 4.62. The molecule has 0 N–H and O–H groups in total. The molecule has 0 aliphatic rings. The number of benzene rings is 4. The molecular weight excluding hydrogens is 364 g/mol. The van der Waals surface area contributed by atoms with Crippen molar-refractivity contribution < 1.29 is 4.79 Å². The minimum absolute atomic E-state index is 0.394. The van der Waals surface area contributed by atoms with Crippen molar-refractivity contribution in [1.82, 2.24) is 0 Å². The SMILES string of the molecule is O=C(C#Cc1ccc(-c2ccccc2)cc1)C#Cc1ccc(-c2ccccc2)cc1. The largest absolute Gasteiger partial charge is 0.279 e. The Bertz CT molecular complexity index is 1160. The van der Waals surface area contributed by atoms with Gasteiger partial charge in [0.25, 0.3) is 5.78 Å². The monoisotopic (exact) mass is 382 g/mol. The minimum Gasteiger partial charge on any atom is -0.270 e. The number of ketones is 1. The van der Waals surface area contributed by atoms with Gasteiger partial charge in [0.2, 0.25) is 0 Å². The fourth-order valence-corrected chi connectivity index (χ4v) is 3.04. The van der Waals surface area contributed by atoms with E-state index in [9.17, 15) is 4.79 Å². The van der Waals surface area contributed by atoms with Crippen LogP contribution in [0.2, 0.25) is 0 Å². The molecule has 0 aliphatic carbocycles. The van der Waals surface area contributed by atoms with Crippen LogP contribution in [-0.4, -0.2) is 5.78 Å². The summed E-state index contributed by atoms with van der Waals surface area (Å²) in [5, 5.41) is 0. The Labute approximate surface area is 177 Å². The van der Waals surface area contributed by atoms with E-state index in [1.807, 2.05) is 84.9 Å². The van der Waals surface area contributed by atoms with Crippen molar-refractivity contribution in [3.05, 3.63) is 120 Å². The highest BCUT2D eigenvalue weighted by molar-refractivity contribution is 6.09. The Kier molecular flexibility index (Phi) is 5.86. The second kappa shape index (κ2) is 9.24. The van der Waals surface area contributed by atoms with Crippen LogP contribution in [0.25, 0.3) is 22.3 Å². The topological polar surface area (TPSA) is 17.1 Å². The summed E-state index contributed by atoms with van der Waals surface area (Å²) >= 11 is 0. The van der Waals surface area contributed by atoms with Crippen molar-refractivity contribution in [2.75, 3.05) is 0 Å². The molecule has 0 unspecified atom stereocenters. The van der Waals surface area contributed by atoms with E-state index >= 15 is 0 Å². The summed E-state index contributed by atoms with van der Waals surface area (Å²) in [6.07, 6.45) is 0. The lowest BCUT2D eigenvalue weighted by Gasteiger charge is -2.00. The quantitative estimate of drug-likeness (QED) is 0.389. The van der Waals surface area contributed by atoms with E-state index in [1.54, 1.807) is 0 Å². The Morgan fingerprint density at radius 2 is 0.767 bits per heavy atom. The fourth-order valence-electron chi connectivity index (χ4n) is 3.04. The Morgan fingerprint density at radius 1 is 0.433 bits per heavy atom. The van der Waals surface area contributed by atoms with Crippen molar-refractivity contribution in [3.8, 4) is 45.9 Å². The molecule has 0 atom stereocenters. The zero-order valence-corrected chi connectivity index (χ0v) is 16.3. The fraction of sp³-hybridized carbons (Fsp3) is 0. The summed E-state index contributed by atoms with van der Waals surface area (Å²) in [6.45, 7) is 0. The molecule has 140 valence electrons. The van der Waals surface area contributed by atoms with Gasteiger partial charge in [-0.3, -0.25) is 4.79 Å². The van der Waals surface area contributed by atoms with E-state index in [0.717, 1.165) is 33.4 Å². The van der Waals surface area contributed by atoms with Crippen molar-refractivity contribution in [2.45, 2.75) is 0 Å². The lowest BCUT2D eigenvalue weighted by molar-refractivity contribution is -0.108. The number of rotatable bonds is 2. The maximum Gasteiger partial charge on any atom is 0.279 e. The molecule has 0 aromatic heterocycles. The zero-order chi connectivity index (χ0) is 20.6. The van der Waals surface area contributed by atoms with E-state index in [4.69, 9.17) is 0 Å². The van der Waals surface area contributed by atoms with Crippen LogP contribution in [0.15, 0.2) is 109 Å². The average molecular weight is 382 g/mol. The standard InChI is InChI=1S/C29H18O/c30-29(21-15-23-11-17-27(18-12-23)25-7-3-1-4-8-25)22-16-24-13-19-28(20-14-24)26-9-5-2-6-10-26/h1-14,17-20H. The van der Waals surface area contributed by atoms with Crippen LogP contribution in [-0.2, 0) is 4.79 Å². The van der Waals surface area contributed by atoms with Crippen molar-refractivity contribution >= 4 is 5.78 Å². The van der Waals surface area contributed by atoms with Crippen LogP contribution < -0.4 is 0 Å². The lowest BCUT2D eigenvalue weighted by Crippen LogP contribution is -1.88. The van der Waals surface area contributed by atoms with E-state index < -0.39 is 5.78 Å². The summed E-state index contributed by atoms with van der Waals surface area (Å²) in [5.74, 6) is 10.6. The Hall–Kier alpha value is -4.33. The van der Waals surface area contributed by atoms with Gasteiger partial charge in [-0.1, -0.05) is 96.8 Å². The first-order valence-corrected chi connectivity index (χ1v) is 9.67. The van der Waals surface area contributed by atoms with Crippen LogP contribution in [0.5, 0.6) is 0 Å². The van der Waals surface area contributed by atoms with Gasteiger partial charge in [0.1, 0.15) is 0 Å². The van der Waals surface area contributed by atoms with Crippen LogP contribution >= 0.6 is 0 Å². The Morgan fingerprint density at radius 3 is 1.13 bits per heavy atom. The zero-order valence-electron chi connectivity index (χ0n) is 16.3. The first-order chi connectivity index (χ1) is 14.8. The van der Waals surface area contributed by atoms with Gasteiger partial charge in [-0.15, -0.1) is 0 Å². The van der Waals surface area contributed by atoms with Gasteiger partial charge in [0.15, 0.2) is 0 Å². The van der Waals surface area contributed by atoms with Crippen LogP contribution in [0.1, 0.15) is 11.1 Å². The number of carbonyl (C=O) groups excluding carboxylic acids is 1. The molecule has 4 rings (SSSR count). The molecule has 0 saturated heterocycles. The molecule has 0 heterocycles. The summed E-state index contributed by atoms with van der Waals surface area (Å²) in [5.41, 5.74) is 6.11. The number of hydrogen-bond donors (Lipinski definition) is 0. The second-order valence-electron chi connectivity index (χ2n) is 6.72. The molecule has 0 spiro atoms. The third-order valence-corrected chi connectivity index (χ3v) is 4.62. The molecule has 4 aromatic carbocycles. The second-order valence-corrected chi connectivity index (χ2v) is 6.72. The van der Waals surface area contributed by atoms with Gasteiger partial charge in [0.05, 0.1) is 0 Å². The molecule has 30 heavy (non-hydrogen) atoms. The van der Waals surface area contributed by atoms with Gasteiger partial charge in [-0.05, 0) is 58.4 Å².